The van der Waals surface area contributed by atoms with E-state index in [9.17, 15) is 0 Å². The molecule has 1 atom stereocenters. The lowest BCUT2D eigenvalue weighted by atomic mass is 10.0. The lowest BCUT2D eigenvalue weighted by Crippen LogP contribution is -2.05. The number of benzene rings is 3. The smallest absolute Gasteiger partial charge is 0.189 e. The molecule has 0 saturated heterocycles. The fourth-order valence-corrected chi connectivity index (χ4v) is 5.01. The second kappa shape index (κ2) is 11.9. The summed E-state index contributed by atoms with van der Waals surface area (Å²) < 4.78 is 18.0. The van der Waals surface area contributed by atoms with Gasteiger partial charge in [0, 0.05) is 21.8 Å². The maximum absolute atomic E-state index is 6.22. The third kappa shape index (κ3) is 5.94. The van der Waals surface area contributed by atoms with Crippen LogP contribution in [0.15, 0.2) is 76.1 Å². The number of thioether (sulfide) groups is 1. The van der Waals surface area contributed by atoms with Crippen LogP contribution in [0, 0.1) is 0 Å². The molecular weight excluding hydrogens is 486 g/mol. The van der Waals surface area contributed by atoms with E-state index in [1.54, 1.807) is 11.8 Å². The van der Waals surface area contributed by atoms with Crippen LogP contribution < -0.4 is 9.47 Å². The predicted octanol–water partition coefficient (Wildman–Crippen LogP) is 6.66. The van der Waals surface area contributed by atoms with Crippen LogP contribution in [0.1, 0.15) is 44.2 Å². The van der Waals surface area contributed by atoms with E-state index in [1.807, 2.05) is 43.3 Å². The van der Waals surface area contributed by atoms with E-state index >= 15 is 0 Å². The van der Waals surface area contributed by atoms with E-state index < -0.39 is 0 Å². The molecule has 0 aliphatic heterocycles. The molecule has 5 rings (SSSR count). The van der Waals surface area contributed by atoms with Gasteiger partial charge in [-0.1, -0.05) is 54.9 Å². The van der Waals surface area contributed by atoms with Crippen LogP contribution in [-0.2, 0) is 6.42 Å². The summed E-state index contributed by atoms with van der Waals surface area (Å²) in [5.41, 5.74) is 3.82. The Balaban J connectivity index is 1.17. The second-order valence-corrected chi connectivity index (χ2v) is 9.81. The molecule has 0 saturated carbocycles. The van der Waals surface area contributed by atoms with Gasteiger partial charge in [-0.2, -0.15) is 0 Å². The zero-order chi connectivity index (χ0) is 25.5. The van der Waals surface area contributed by atoms with Crippen molar-refractivity contribution in [3.8, 4) is 22.8 Å². The summed E-state index contributed by atoms with van der Waals surface area (Å²) in [7, 11) is 0. The van der Waals surface area contributed by atoms with Crippen molar-refractivity contribution in [3.05, 3.63) is 78.1 Å². The molecule has 1 unspecified atom stereocenters. The van der Waals surface area contributed by atoms with Gasteiger partial charge in [0.05, 0.1) is 12.0 Å². The van der Waals surface area contributed by atoms with E-state index in [0.717, 1.165) is 69.2 Å². The number of rotatable bonds is 12. The standard InChI is InChI=1S/C28H29N5O3S/c1-3-9-23-25(15-14-24-26(31-36-27(23)24)20-10-5-4-6-11-20)34-16-8-17-37-22-13-7-12-21(18-22)35-19(2)28-29-32-33-30-28/h4-7,10-15,18-19H,3,8-9,16-17H2,1-2H3,(H,29,30,32,33). The van der Waals surface area contributed by atoms with Crippen LogP contribution in [0.3, 0.4) is 0 Å². The average molecular weight is 516 g/mol. The molecule has 5 aromatic rings. The number of aromatic amines is 1. The number of aryl methyl sites for hydroxylation is 1. The Labute approximate surface area is 219 Å². The van der Waals surface area contributed by atoms with Gasteiger partial charge in [0.25, 0.3) is 0 Å². The lowest BCUT2D eigenvalue weighted by molar-refractivity contribution is 0.216. The van der Waals surface area contributed by atoms with E-state index in [2.05, 4.69) is 63.0 Å². The summed E-state index contributed by atoms with van der Waals surface area (Å²) in [5.74, 6) is 3.18. The fraction of sp³-hybridized carbons (Fsp3) is 0.286. The average Bonchev–Trinajstić information content (AvgIpc) is 3.61. The van der Waals surface area contributed by atoms with Crippen LogP contribution in [0.25, 0.3) is 22.2 Å². The minimum atomic E-state index is -0.258. The summed E-state index contributed by atoms with van der Waals surface area (Å²) in [6.45, 7) is 4.69. The van der Waals surface area contributed by atoms with Crippen molar-refractivity contribution in [2.24, 2.45) is 0 Å². The molecule has 9 heteroatoms. The van der Waals surface area contributed by atoms with Gasteiger partial charge in [0.1, 0.15) is 17.2 Å². The van der Waals surface area contributed by atoms with Gasteiger partial charge < -0.3 is 14.0 Å². The molecular formula is C28H29N5O3S. The number of ether oxygens (including phenoxy) is 2. The maximum Gasteiger partial charge on any atom is 0.189 e. The predicted molar refractivity (Wildman–Crippen MR) is 144 cm³/mol. The van der Waals surface area contributed by atoms with Crippen LogP contribution in [0.2, 0.25) is 0 Å². The second-order valence-electron chi connectivity index (χ2n) is 8.64. The first kappa shape index (κ1) is 24.8. The molecule has 1 N–H and O–H groups in total. The van der Waals surface area contributed by atoms with Crippen LogP contribution in [0.4, 0.5) is 0 Å². The van der Waals surface area contributed by atoms with Crippen molar-refractivity contribution in [2.45, 2.75) is 44.1 Å². The maximum atomic E-state index is 6.22. The number of H-pyrrole nitrogens is 1. The Morgan fingerprint density at radius 1 is 1.05 bits per heavy atom. The van der Waals surface area contributed by atoms with Gasteiger partial charge >= 0.3 is 0 Å². The van der Waals surface area contributed by atoms with Crippen LogP contribution in [-0.4, -0.2) is 38.1 Å². The number of tetrazole rings is 1. The van der Waals surface area contributed by atoms with Gasteiger partial charge in [-0.15, -0.1) is 16.9 Å². The van der Waals surface area contributed by atoms with E-state index in [1.165, 1.54) is 0 Å². The van der Waals surface area contributed by atoms with Crippen molar-refractivity contribution in [3.63, 3.8) is 0 Å². The minimum absolute atomic E-state index is 0.258. The van der Waals surface area contributed by atoms with Crippen LogP contribution >= 0.6 is 11.8 Å². The zero-order valence-electron chi connectivity index (χ0n) is 20.9. The van der Waals surface area contributed by atoms with Gasteiger partial charge in [0.15, 0.2) is 17.5 Å². The molecule has 37 heavy (non-hydrogen) atoms. The third-order valence-corrected chi connectivity index (χ3v) is 7.01. The normalized spacial score (nSPS) is 12.1. The number of fused-ring (bicyclic) bond motifs is 1. The quantitative estimate of drug-likeness (QED) is 0.145. The summed E-state index contributed by atoms with van der Waals surface area (Å²) in [5, 5.41) is 19.2. The van der Waals surface area contributed by atoms with Gasteiger partial charge in [0.2, 0.25) is 0 Å². The molecule has 0 amide bonds. The van der Waals surface area contributed by atoms with Crippen molar-refractivity contribution >= 4 is 22.7 Å². The van der Waals surface area contributed by atoms with Gasteiger partial charge in [-0.25, -0.2) is 5.10 Å². The first-order chi connectivity index (χ1) is 18.2. The van der Waals surface area contributed by atoms with Crippen molar-refractivity contribution in [2.75, 3.05) is 12.4 Å². The Morgan fingerprint density at radius 3 is 2.76 bits per heavy atom. The first-order valence-electron chi connectivity index (χ1n) is 12.5. The molecule has 0 radical (unpaired) electrons. The highest BCUT2D eigenvalue weighted by atomic mass is 32.2. The molecule has 3 aromatic carbocycles. The SMILES string of the molecule is CCCc1c(OCCCSc2cccc(OC(C)c3nnn[nH]3)c2)ccc2c(-c3ccccc3)noc12. The highest BCUT2D eigenvalue weighted by Gasteiger charge is 2.17. The Kier molecular flexibility index (Phi) is 8.00. The first-order valence-corrected chi connectivity index (χ1v) is 13.4. The van der Waals surface area contributed by atoms with Crippen LogP contribution in [0.5, 0.6) is 11.5 Å². The highest BCUT2D eigenvalue weighted by molar-refractivity contribution is 7.99. The molecule has 0 aliphatic carbocycles. The van der Waals surface area contributed by atoms with E-state index in [-0.39, 0.29) is 6.10 Å². The lowest BCUT2D eigenvalue weighted by Gasteiger charge is -2.13. The third-order valence-electron chi connectivity index (χ3n) is 5.93. The van der Waals surface area contributed by atoms with Crippen molar-refractivity contribution in [1.29, 1.82) is 0 Å². The zero-order valence-corrected chi connectivity index (χ0v) is 21.7. The molecule has 8 nitrogen and oxygen atoms in total. The summed E-state index contributed by atoms with van der Waals surface area (Å²) in [6, 6.07) is 22.3. The number of nitrogens with zero attached hydrogens (tertiary/aromatic N) is 4. The summed E-state index contributed by atoms with van der Waals surface area (Å²) >= 11 is 1.78. The number of nitrogens with one attached hydrogen (secondary N) is 1. The topological polar surface area (TPSA) is 99.0 Å². The minimum Gasteiger partial charge on any atom is -0.493 e. The Morgan fingerprint density at radius 2 is 1.95 bits per heavy atom. The Hall–Kier alpha value is -3.85. The van der Waals surface area contributed by atoms with E-state index in [4.69, 9.17) is 14.0 Å². The number of hydrogen-bond donors (Lipinski definition) is 1. The monoisotopic (exact) mass is 515 g/mol. The number of hydrogen-bond acceptors (Lipinski definition) is 8. The fourth-order valence-electron chi connectivity index (χ4n) is 4.13. The van der Waals surface area contributed by atoms with Gasteiger partial charge in [-0.3, -0.25) is 0 Å². The molecule has 2 heterocycles. The van der Waals surface area contributed by atoms with Crippen molar-refractivity contribution in [1.82, 2.24) is 25.8 Å². The Bertz CT molecular complexity index is 1420. The summed E-state index contributed by atoms with van der Waals surface area (Å²) in [6.07, 6.45) is 2.52. The molecule has 0 spiro atoms. The summed E-state index contributed by atoms with van der Waals surface area (Å²) in [4.78, 5) is 1.14. The largest absolute Gasteiger partial charge is 0.493 e. The molecule has 2 aromatic heterocycles. The van der Waals surface area contributed by atoms with E-state index in [0.29, 0.717) is 12.4 Å². The molecule has 0 bridgehead atoms. The molecule has 190 valence electrons. The molecule has 0 fully saturated rings. The van der Waals surface area contributed by atoms with Crippen molar-refractivity contribution < 1.29 is 14.0 Å². The highest BCUT2D eigenvalue weighted by Crippen LogP contribution is 2.35. The molecule has 0 aliphatic rings. The number of aromatic nitrogens is 5. The van der Waals surface area contributed by atoms with Gasteiger partial charge in [-0.05, 0) is 60.5 Å².